The molecule has 0 spiro atoms. The zero-order valence-electron chi connectivity index (χ0n) is 15.7. The number of hydrogen-bond donors (Lipinski definition) is 2. The Balaban J connectivity index is 3.38. The fraction of sp³-hybridized carbons (Fsp3) is 0.900. The quantitative estimate of drug-likeness (QED) is 0.269. The van der Waals surface area contributed by atoms with Crippen LogP contribution in [0.1, 0.15) is 103 Å². The average molecular weight is 342 g/mol. The highest BCUT2D eigenvalue weighted by atomic mass is 16.4. The second-order valence-corrected chi connectivity index (χ2v) is 6.93. The van der Waals surface area contributed by atoms with Gasteiger partial charge in [0.05, 0.1) is 0 Å². The third-order valence-electron chi connectivity index (χ3n) is 4.67. The summed E-state index contributed by atoms with van der Waals surface area (Å²) in [6.07, 6.45) is 17.1. The van der Waals surface area contributed by atoms with Gasteiger partial charge in [-0.05, 0) is 19.4 Å². The summed E-state index contributed by atoms with van der Waals surface area (Å²) in [5, 5.41) is 9.00. The predicted molar refractivity (Wildman–Crippen MR) is 100 cm³/mol. The minimum absolute atomic E-state index is 0.156. The molecule has 0 saturated heterocycles. The molecule has 0 aliphatic heterocycles. The van der Waals surface area contributed by atoms with Gasteiger partial charge in [0, 0.05) is 6.42 Å². The van der Waals surface area contributed by atoms with Gasteiger partial charge >= 0.3 is 5.97 Å². The first-order chi connectivity index (χ1) is 11.6. The molecular weight excluding hydrogens is 302 g/mol. The Kier molecular flexibility index (Phi) is 16.3. The second kappa shape index (κ2) is 16.9. The number of carboxylic acids is 1. The number of hydrogen-bond acceptors (Lipinski definition) is 3. The van der Waals surface area contributed by atoms with E-state index in [-0.39, 0.29) is 18.7 Å². The molecule has 0 aliphatic carbocycles. The molecule has 0 aromatic rings. The van der Waals surface area contributed by atoms with Crippen LogP contribution < -0.4 is 5.73 Å². The van der Waals surface area contributed by atoms with Crippen LogP contribution >= 0.6 is 0 Å². The standard InChI is InChI=1S/C20H39NO3/c1-2-3-4-5-6-7-8-9-10-11-12-13-14-15-19(22)18(16-17-21)20(23)24/h18H,2-17,21H2,1H3,(H,23,24). The molecule has 0 bridgehead atoms. The van der Waals surface area contributed by atoms with Crippen LogP contribution in [-0.4, -0.2) is 23.4 Å². The molecular formula is C20H39NO3. The molecule has 0 amide bonds. The van der Waals surface area contributed by atoms with E-state index >= 15 is 0 Å². The minimum Gasteiger partial charge on any atom is -0.481 e. The monoisotopic (exact) mass is 341 g/mol. The molecule has 0 saturated carbocycles. The molecule has 0 fully saturated rings. The van der Waals surface area contributed by atoms with Gasteiger partial charge in [0.15, 0.2) is 0 Å². The number of carbonyl (C=O) groups is 2. The number of ketones is 1. The van der Waals surface area contributed by atoms with Crippen LogP contribution in [0.25, 0.3) is 0 Å². The molecule has 24 heavy (non-hydrogen) atoms. The molecule has 0 aromatic carbocycles. The number of aliphatic carboxylic acids is 1. The van der Waals surface area contributed by atoms with Crippen LogP contribution in [0.15, 0.2) is 0 Å². The van der Waals surface area contributed by atoms with Crippen LogP contribution in [0.2, 0.25) is 0 Å². The molecule has 0 rings (SSSR count). The zero-order chi connectivity index (χ0) is 18.0. The van der Waals surface area contributed by atoms with Crippen molar-refractivity contribution in [2.75, 3.05) is 6.54 Å². The number of rotatable bonds is 18. The summed E-state index contributed by atoms with van der Waals surface area (Å²) < 4.78 is 0. The Labute approximate surface area is 148 Å². The van der Waals surface area contributed by atoms with Gasteiger partial charge in [-0.15, -0.1) is 0 Å². The number of nitrogens with two attached hydrogens (primary N) is 1. The van der Waals surface area contributed by atoms with Crippen molar-refractivity contribution in [2.24, 2.45) is 11.7 Å². The molecule has 1 unspecified atom stereocenters. The third kappa shape index (κ3) is 13.5. The zero-order valence-corrected chi connectivity index (χ0v) is 15.7. The topological polar surface area (TPSA) is 80.4 Å². The predicted octanol–water partition coefficient (Wildman–Crippen LogP) is 5.09. The Bertz CT molecular complexity index is 318. The fourth-order valence-corrected chi connectivity index (χ4v) is 3.08. The second-order valence-electron chi connectivity index (χ2n) is 6.93. The van der Waals surface area contributed by atoms with Gasteiger partial charge in [0.1, 0.15) is 11.7 Å². The van der Waals surface area contributed by atoms with Crippen molar-refractivity contribution in [1.29, 1.82) is 0 Å². The van der Waals surface area contributed by atoms with Gasteiger partial charge in [-0.2, -0.15) is 0 Å². The Morgan fingerprint density at radius 2 is 1.21 bits per heavy atom. The highest BCUT2D eigenvalue weighted by molar-refractivity contribution is 5.98. The minimum atomic E-state index is -1.03. The van der Waals surface area contributed by atoms with E-state index in [4.69, 9.17) is 10.8 Å². The normalized spacial score (nSPS) is 12.2. The SMILES string of the molecule is CCCCCCCCCCCCCCCC(=O)C(CCN)C(=O)O. The molecule has 0 aliphatic rings. The van der Waals surface area contributed by atoms with Crippen molar-refractivity contribution in [3.63, 3.8) is 0 Å². The van der Waals surface area contributed by atoms with E-state index in [1.807, 2.05) is 0 Å². The highest BCUT2D eigenvalue weighted by Gasteiger charge is 2.24. The van der Waals surface area contributed by atoms with Crippen LogP contribution in [0.3, 0.4) is 0 Å². The lowest BCUT2D eigenvalue weighted by molar-refractivity contribution is -0.146. The summed E-state index contributed by atoms with van der Waals surface area (Å²) >= 11 is 0. The average Bonchev–Trinajstić information content (AvgIpc) is 2.56. The van der Waals surface area contributed by atoms with Crippen LogP contribution in [0, 0.1) is 5.92 Å². The largest absolute Gasteiger partial charge is 0.481 e. The number of Topliss-reactive ketones (excluding diaryl/α,β-unsaturated/α-hetero) is 1. The van der Waals surface area contributed by atoms with Gasteiger partial charge in [0.25, 0.3) is 0 Å². The van der Waals surface area contributed by atoms with Gasteiger partial charge < -0.3 is 10.8 Å². The highest BCUT2D eigenvalue weighted by Crippen LogP contribution is 2.14. The van der Waals surface area contributed by atoms with Gasteiger partial charge in [-0.3, -0.25) is 9.59 Å². The summed E-state index contributed by atoms with van der Waals surface area (Å²) in [7, 11) is 0. The molecule has 3 N–H and O–H groups in total. The van der Waals surface area contributed by atoms with Crippen LogP contribution in [0.4, 0.5) is 0 Å². The Hall–Kier alpha value is -0.900. The molecule has 4 heteroatoms. The summed E-state index contributed by atoms with van der Waals surface area (Å²) in [4.78, 5) is 22.8. The van der Waals surface area contributed by atoms with Crippen LogP contribution in [-0.2, 0) is 9.59 Å². The lowest BCUT2D eigenvalue weighted by atomic mass is 9.95. The molecule has 0 aromatic heterocycles. The fourth-order valence-electron chi connectivity index (χ4n) is 3.08. The van der Waals surface area contributed by atoms with Crippen molar-refractivity contribution >= 4 is 11.8 Å². The van der Waals surface area contributed by atoms with E-state index in [0.29, 0.717) is 6.42 Å². The van der Waals surface area contributed by atoms with E-state index in [2.05, 4.69) is 6.92 Å². The molecule has 4 nitrogen and oxygen atoms in total. The lowest BCUT2D eigenvalue weighted by Crippen LogP contribution is -2.26. The summed E-state index contributed by atoms with van der Waals surface area (Å²) in [5.74, 6) is -2.08. The first-order valence-corrected chi connectivity index (χ1v) is 10.1. The van der Waals surface area contributed by atoms with Crippen molar-refractivity contribution in [3.05, 3.63) is 0 Å². The van der Waals surface area contributed by atoms with Crippen molar-refractivity contribution in [2.45, 2.75) is 103 Å². The maximum absolute atomic E-state index is 11.8. The summed E-state index contributed by atoms with van der Waals surface area (Å²) in [6.45, 7) is 2.50. The van der Waals surface area contributed by atoms with Gasteiger partial charge in [-0.1, -0.05) is 84.0 Å². The van der Waals surface area contributed by atoms with E-state index < -0.39 is 11.9 Å². The van der Waals surface area contributed by atoms with Gasteiger partial charge in [0.2, 0.25) is 0 Å². The van der Waals surface area contributed by atoms with Crippen molar-refractivity contribution < 1.29 is 14.7 Å². The summed E-state index contributed by atoms with van der Waals surface area (Å²) in [6, 6.07) is 0. The molecule has 0 radical (unpaired) electrons. The molecule has 1 atom stereocenters. The first kappa shape index (κ1) is 23.1. The maximum Gasteiger partial charge on any atom is 0.314 e. The smallest absolute Gasteiger partial charge is 0.314 e. The van der Waals surface area contributed by atoms with Crippen molar-refractivity contribution in [3.8, 4) is 0 Å². The molecule has 142 valence electrons. The Morgan fingerprint density at radius 3 is 1.58 bits per heavy atom. The number of unbranched alkanes of at least 4 members (excludes halogenated alkanes) is 12. The van der Waals surface area contributed by atoms with Crippen LogP contribution in [0.5, 0.6) is 0 Å². The van der Waals surface area contributed by atoms with Gasteiger partial charge in [-0.25, -0.2) is 0 Å². The Morgan fingerprint density at radius 1 is 0.792 bits per heavy atom. The number of carbonyl (C=O) groups excluding carboxylic acids is 1. The number of carboxylic acid groups (broad SMARTS) is 1. The first-order valence-electron chi connectivity index (χ1n) is 10.1. The van der Waals surface area contributed by atoms with Crippen molar-refractivity contribution in [1.82, 2.24) is 0 Å². The van der Waals surface area contributed by atoms with E-state index in [1.54, 1.807) is 0 Å². The van der Waals surface area contributed by atoms with E-state index in [0.717, 1.165) is 19.3 Å². The molecule has 0 heterocycles. The summed E-state index contributed by atoms with van der Waals surface area (Å²) in [5.41, 5.74) is 5.36. The maximum atomic E-state index is 11.8. The lowest BCUT2D eigenvalue weighted by Gasteiger charge is -2.09. The third-order valence-corrected chi connectivity index (χ3v) is 4.67. The van der Waals surface area contributed by atoms with E-state index in [9.17, 15) is 9.59 Å². The van der Waals surface area contributed by atoms with E-state index in [1.165, 1.54) is 64.2 Å².